The van der Waals surface area contributed by atoms with Gasteiger partial charge in [0.1, 0.15) is 5.82 Å². The highest BCUT2D eigenvalue weighted by Crippen LogP contribution is 2.45. The molecule has 1 aliphatic rings. The van der Waals surface area contributed by atoms with Gasteiger partial charge in [0.15, 0.2) is 5.65 Å². The Balaban J connectivity index is 1.20. The average Bonchev–Trinajstić information content (AvgIpc) is 3.67. The minimum atomic E-state index is -0.234. The Hall–Kier alpha value is -5.63. The molecule has 0 fully saturated rings. The van der Waals surface area contributed by atoms with Crippen LogP contribution in [0.5, 0.6) is 11.8 Å². The molecule has 51 heavy (non-hydrogen) atoms. The fourth-order valence-corrected chi connectivity index (χ4v) is 7.27. The molecule has 1 aliphatic heterocycles. The lowest BCUT2D eigenvalue weighted by Crippen LogP contribution is -2.50. The molecular weight excluding hydrogens is 627 g/mol. The Morgan fingerprint density at radius 3 is 2.18 bits per heavy atom. The molecule has 0 spiro atoms. The van der Waals surface area contributed by atoms with Crippen LogP contribution in [0.4, 0.5) is 17.1 Å². The fourth-order valence-electron chi connectivity index (χ4n) is 7.27. The number of fused-ring (bicyclic) bond motifs is 4. The number of hydrogen-bond acceptors (Lipinski definition) is 6. The third-order valence-corrected chi connectivity index (χ3v) is 9.87. The van der Waals surface area contributed by atoms with Crippen molar-refractivity contribution in [2.45, 2.75) is 65.7 Å². The van der Waals surface area contributed by atoms with Crippen LogP contribution in [-0.2, 0) is 5.41 Å². The summed E-state index contributed by atoms with van der Waals surface area (Å²) in [7, 11) is 0. The number of aromatic nitrogens is 4. The summed E-state index contributed by atoms with van der Waals surface area (Å²) < 4.78 is 8.62. The van der Waals surface area contributed by atoms with Gasteiger partial charge in [-0.1, -0.05) is 103 Å². The summed E-state index contributed by atoms with van der Waals surface area (Å²) >= 11 is 0. The van der Waals surface area contributed by atoms with E-state index >= 15 is 0 Å². The van der Waals surface area contributed by atoms with Crippen molar-refractivity contribution in [3.05, 3.63) is 132 Å². The smallest absolute Gasteiger partial charge is 0.421 e. The molecule has 1 N–H and O–H groups in total. The van der Waals surface area contributed by atoms with E-state index in [4.69, 9.17) is 19.7 Å². The van der Waals surface area contributed by atoms with Gasteiger partial charge in [-0.2, -0.15) is 4.98 Å². The van der Waals surface area contributed by atoms with E-state index in [1.165, 1.54) is 22.4 Å². The van der Waals surface area contributed by atoms with E-state index in [1.807, 2.05) is 24.4 Å². The highest BCUT2D eigenvalue weighted by atomic mass is 16.5. The maximum atomic E-state index is 6.49. The Labute approximate surface area is 300 Å². The van der Waals surface area contributed by atoms with Crippen molar-refractivity contribution in [2.75, 3.05) is 10.0 Å². The molecule has 3 aromatic carbocycles. The number of benzene rings is 3. The first-order valence-electron chi connectivity index (χ1n) is 17.9. The summed E-state index contributed by atoms with van der Waals surface area (Å²) in [6.07, 6.45) is 1.88. The summed E-state index contributed by atoms with van der Waals surface area (Å²) in [4.78, 5) is 17.4. The lowest BCUT2D eigenvalue weighted by atomic mass is 9.69. The lowest BCUT2D eigenvalue weighted by molar-refractivity contribution is 0.447. The zero-order valence-corrected chi connectivity index (χ0v) is 30.3. The number of ether oxygens (including phenoxy) is 1. The van der Waals surface area contributed by atoms with Crippen LogP contribution >= 0.6 is 0 Å². The van der Waals surface area contributed by atoms with Crippen LogP contribution in [-0.4, -0.2) is 26.5 Å². The second-order valence-corrected chi connectivity index (χ2v) is 15.1. The Kier molecular flexibility index (Phi) is 8.05. The van der Waals surface area contributed by atoms with Gasteiger partial charge >= 0.3 is 6.98 Å². The lowest BCUT2D eigenvalue weighted by Gasteiger charge is -2.31. The largest absolute Gasteiger partial charge is 0.433 e. The number of anilines is 3. The molecule has 5 heterocycles. The zero-order chi connectivity index (χ0) is 35.4. The summed E-state index contributed by atoms with van der Waals surface area (Å²) in [5, 5.41) is 5.94. The highest BCUT2D eigenvalue weighted by molar-refractivity contribution is 6.82. The first-order chi connectivity index (χ1) is 24.6. The fraction of sp³-hybridized carbons (Fsp3) is 0.233. The maximum Gasteiger partial charge on any atom is 0.433 e. The first-order valence-corrected chi connectivity index (χ1v) is 17.9. The number of hydrogen-bond donors (Lipinski definition) is 1. The number of nitrogens with zero attached hydrogens (tertiary/aromatic N) is 5. The number of nitrogens with one attached hydrogen (secondary N) is 1. The Morgan fingerprint density at radius 2 is 1.41 bits per heavy atom. The van der Waals surface area contributed by atoms with Crippen LogP contribution in [0.15, 0.2) is 115 Å². The summed E-state index contributed by atoms with van der Waals surface area (Å²) in [6, 6.07) is 37.8. The molecule has 0 bridgehead atoms. The van der Waals surface area contributed by atoms with E-state index in [0.717, 1.165) is 44.7 Å². The van der Waals surface area contributed by atoms with Crippen LogP contribution in [0.2, 0.25) is 0 Å². The van der Waals surface area contributed by atoms with E-state index in [-0.39, 0.29) is 12.4 Å². The van der Waals surface area contributed by atoms with Gasteiger partial charge in [-0.25, -0.2) is 9.97 Å². The molecular formula is C43H43BN6O. The molecule has 0 radical (unpaired) electrons. The van der Waals surface area contributed by atoms with Gasteiger partial charge in [-0.05, 0) is 76.4 Å². The van der Waals surface area contributed by atoms with E-state index in [9.17, 15) is 0 Å². The SMILES string of the molecule is CC(C)c1cccc(C(C)C)c1N1B(c2cccc(Oc3ccc4c5ccccc5n(-c5cc(C(C)(C)C)ccn5)c4n3)n2)Nc2ccccc21. The quantitative estimate of drug-likeness (QED) is 0.170. The Morgan fingerprint density at radius 1 is 0.706 bits per heavy atom. The van der Waals surface area contributed by atoms with E-state index in [0.29, 0.717) is 23.6 Å². The summed E-state index contributed by atoms with van der Waals surface area (Å²) in [6.45, 7) is 15.5. The van der Waals surface area contributed by atoms with Gasteiger partial charge in [0.05, 0.1) is 16.8 Å². The van der Waals surface area contributed by atoms with Crippen molar-refractivity contribution in [3.8, 4) is 17.6 Å². The monoisotopic (exact) mass is 670 g/mol. The third kappa shape index (κ3) is 5.78. The number of para-hydroxylation sites is 4. The highest BCUT2D eigenvalue weighted by Gasteiger charge is 2.39. The summed E-state index contributed by atoms with van der Waals surface area (Å²) in [5.74, 6) is 2.46. The predicted octanol–water partition coefficient (Wildman–Crippen LogP) is 10.3. The minimum Gasteiger partial charge on any atom is -0.421 e. The minimum absolute atomic E-state index is 0.0207. The molecule has 0 atom stereocenters. The normalized spacial score (nSPS) is 13.0. The van der Waals surface area contributed by atoms with Crippen molar-refractivity contribution >= 4 is 51.6 Å². The number of rotatable bonds is 7. The van der Waals surface area contributed by atoms with Gasteiger partial charge in [0.2, 0.25) is 11.8 Å². The van der Waals surface area contributed by atoms with Gasteiger partial charge in [0, 0.05) is 40.5 Å². The van der Waals surface area contributed by atoms with Crippen molar-refractivity contribution in [1.29, 1.82) is 0 Å². The average molecular weight is 671 g/mol. The van der Waals surface area contributed by atoms with E-state index in [2.05, 4.69) is 154 Å². The van der Waals surface area contributed by atoms with Crippen molar-refractivity contribution < 1.29 is 4.74 Å². The molecule has 0 aliphatic carbocycles. The summed E-state index contributed by atoms with van der Waals surface area (Å²) in [5.41, 5.74) is 9.95. The van der Waals surface area contributed by atoms with Crippen LogP contribution in [0.1, 0.15) is 77.0 Å². The predicted molar refractivity (Wildman–Crippen MR) is 212 cm³/mol. The van der Waals surface area contributed by atoms with Gasteiger partial charge in [-0.15, -0.1) is 0 Å². The zero-order valence-electron chi connectivity index (χ0n) is 30.3. The van der Waals surface area contributed by atoms with Crippen molar-refractivity contribution in [1.82, 2.24) is 19.5 Å². The molecule has 7 nitrogen and oxygen atoms in total. The molecule has 0 saturated heterocycles. The van der Waals surface area contributed by atoms with E-state index < -0.39 is 0 Å². The molecule has 0 saturated carbocycles. The molecule has 254 valence electrons. The number of pyridine rings is 3. The van der Waals surface area contributed by atoms with Crippen LogP contribution in [0.25, 0.3) is 27.8 Å². The standard InChI is InChI=1S/C43H43BN6O/c1-27(2)30-15-12-16-31(28(3)4)41(30)50-36-19-11-9-17-34(36)48-44(50)37-20-13-21-39(46-37)51-40-23-22-33-32-14-8-10-18-35(32)49(42(33)47-40)38-26-29(24-25-45-38)43(5,6)7/h8-28,48H,1-7H3. The molecule has 0 unspecified atom stereocenters. The maximum absolute atomic E-state index is 6.49. The molecule has 4 aromatic heterocycles. The molecule has 8 rings (SSSR count). The first kappa shape index (κ1) is 32.6. The van der Waals surface area contributed by atoms with Crippen molar-refractivity contribution in [2.24, 2.45) is 0 Å². The molecule has 0 amide bonds. The van der Waals surface area contributed by atoms with E-state index in [1.54, 1.807) is 0 Å². The van der Waals surface area contributed by atoms with Crippen LogP contribution in [0.3, 0.4) is 0 Å². The van der Waals surface area contributed by atoms with Crippen LogP contribution < -0.4 is 20.4 Å². The van der Waals surface area contributed by atoms with Crippen LogP contribution in [0, 0.1) is 0 Å². The Bertz CT molecular complexity index is 2380. The second-order valence-electron chi connectivity index (χ2n) is 15.1. The molecule has 7 aromatic rings. The molecule has 8 heteroatoms. The van der Waals surface area contributed by atoms with Crippen molar-refractivity contribution in [3.63, 3.8) is 0 Å². The second kappa shape index (κ2) is 12.6. The van der Waals surface area contributed by atoms with Gasteiger partial charge in [0.25, 0.3) is 0 Å². The van der Waals surface area contributed by atoms with Gasteiger partial charge in [-0.3, -0.25) is 4.57 Å². The third-order valence-electron chi connectivity index (χ3n) is 9.87. The van der Waals surface area contributed by atoms with Gasteiger partial charge < -0.3 is 14.8 Å². The topological polar surface area (TPSA) is 68.1 Å².